The molecule has 0 spiro atoms. The topological polar surface area (TPSA) is 44.1 Å². The minimum absolute atomic E-state index is 0.153. The summed E-state index contributed by atoms with van der Waals surface area (Å²) in [5, 5.41) is 5.34. The summed E-state index contributed by atoms with van der Waals surface area (Å²) in [6, 6.07) is 7.80. The van der Waals surface area contributed by atoms with Crippen molar-refractivity contribution in [1.82, 2.24) is 9.78 Å². The second-order valence-corrected chi connectivity index (χ2v) is 4.06. The second kappa shape index (κ2) is 4.18. The quantitative estimate of drug-likeness (QED) is 0.627. The van der Waals surface area contributed by atoms with Gasteiger partial charge in [0.15, 0.2) is 0 Å². The summed E-state index contributed by atoms with van der Waals surface area (Å²) in [4.78, 5) is 11.1. The highest BCUT2D eigenvalue weighted by Gasteiger charge is 2.10. The molecule has 4 nitrogen and oxygen atoms in total. The molecule has 0 unspecified atom stereocenters. The molecule has 0 saturated heterocycles. The molecule has 0 N–H and O–H groups in total. The summed E-state index contributed by atoms with van der Waals surface area (Å²) in [7, 11) is 1.37. The molecule has 0 saturated carbocycles. The Morgan fingerprint density at radius 3 is 3.00 bits per heavy atom. The van der Waals surface area contributed by atoms with E-state index in [4.69, 9.17) is 0 Å². The molecule has 0 aliphatic rings. The minimum atomic E-state index is -0.292. The number of esters is 1. The van der Waals surface area contributed by atoms with Crippen molar-refractivity contribution >= 4 is 39.5 Å². The van der Waals surface area contributed by atoms with E-state index in [9.17, 15) is 4.79 Å². The van der Waals surface area contributed by atoms with Gasteiger partial charge in [-0.05, 0) is 28.7 Å². The monoisotopic (exact) mass is 316 g/mol. The number of aromatic nitrogens is 2. The molecule has 5 heteroatoms. The van der Waals surface area contributed by atoms with E-state index in [1.807, 2.05) is 24.3 Å². The van der Waals surface area contributed by atoms with E-state index in [0.29, 0.717) is 0 Å². The zero-order valence-electron chi connectivity index (χ0n) is 8.11. The number of halogens is 1. The highest BCUT2D eigenvalue weighted by atomic mass is 127. The van der Waals surface area contributed by atoms with Crippen molar-refractivity contribution in [3.8, 4) is 0 Å². The molecule has 0 amide bonds. The first-order valence-corrected chi connectivity index (χ1v) is 5.48. The Balaban J connectivity index is 2.48. The highest BCUT2D eigenvalue weighted by Crippen LogP contribution is 2.19. The number of hydrogen-bond acceptors (Lipinski definition) is 3. The number of fused-ring (bicyclic) bond motifs is 1. The van der Waals surface area contributed by atoms with E-state index in [0.717, 1.165) is 14.6 Å². The SMILES string of the molecule is COC(=O)Cn1nc(I)c2ccccc21. The van der Waals surface area contributed by atoms with Crippen molar-refractivity contribution in [3.63, 3.8) is 0 Å². The van der Waals surface area contributed by atoms with E-state index < -0.39 is 0 Å². The van der Waals surface area contributed by atoms with Gasteiger partial charge in [-0.15, -0.1) is 0 Å². The third-order valence-corrected chi connectivity index (χ3v) is 2.92. The number of methoxy groups -OCH3 is 1. The van der Waals surface area contributed by atoms with Gasteiger partial charge in [-0.2, -0.15) is 5.10 Å². The van der Waals surface area contributed by atoms with Crippen LogP contribution >= 0.6 is 22.6 Å². The number of ether oxygens (including phenoxy) is 1. The molecule has 1 heterocycles. The van der Waals surface area contributed by atoms with Crippen LogP contribution in [-0.4, -0.2) is 22.9 Å². The molecular weight excluding hydrogens is 307 g/mol. The molecule has 1 aromatic heterocycles. The number of carbonyl (C=O) groups is 1. The van der Waals surface area contributed by atoms with Crippen molar-refractivity contribution < 1.29 is 9.53 Å². The van der Waals surface area contributed by atoms with Crippen molar-refractivity contribution in [2.75, 3.05) is 7.11 Å². The maximum Gasteiger partial charge on any atom is 0.327 e. The molecule has 1 aromatic carbocycles. The molecule has 0 radical (unpaired) electrons. The van der Waals surface area contributed by atoms with E-state index in [2.05, 4.69) is 32.4 Å². The van der Waals surface area contributed by atoms with Crippen LogP contribution in [0.4, 0.5) is 0 Å². The first-order valence-electron chi connectivity index (χ1n) is 4.40. The summed E-state index contributed by atoms with van der Waals surface area (Å²) >= 11 is 2.15. The summed E-state index contributed by atoms with van der Waals surface area (Å²) in [5.41, 5.74) is 0.951. The van der Waals surface area contributed by atoms with Crippen molar-refractivity contribution in [2.45, 2.75) is 6.54 Å². The van der Waals surface area contributed by atoms with Crippen LogP contribution in [0.3, 0.4) is 0 Å². The Bertz CT molecular complexity index is 507. The van der Waals surface area contributed by atoms with Gasteiger partial charge < -0.3 is 4.74 Å². The molecule has 2 rings (SSSR count). The lowest BCUT2D eigenvalue weighted by Gasteiger charge is -2.00. The van der Waals surface area contributed by atoms with Gasteiger partial charge in [-0.25, -0.2) is 0 Å². The van der Waals surface area contributed by atoms with Crippen LogP contribution in [0.15, 0.2) is 24.3 Å². The number of para-hydroxylation sites is 1. The number of hydrogen-bond donors (Lipinski definition) is 0. The largest absolute Gasteiger partial charge is 0.468 e. The Kier molecular flexibility index (Phi) is 2.90. The van der Waals surface area contributed by atoms with Gasteiger partial charge in [0.05, 0.1) is 12.6 Å². The summed E-state index contributed by atoms with van der Waals surface area (Å²) in [6.45, 7) is 0.153. The smallest absolute Gasteiger partial charge is 0.327 e. The van der Waals surface area contributed by atoms with Gasteiger partial charge in [0.2, 0.25) is 0 Å². The van der Waals surface area contributed by atoms with Gasteiger partial charge >= 0.3 is 5.97 Å². The number of benzene rings is 1. The lowest BCUT2D eigenvalue weighted by Crippen LogP contribution is -2.12. The van der Waals surface area contributed by atoms with E-state index in [1.165, 1.54) is 7.11 Å². The van der Waals surface area contributed by atoms with Crippen LogP contribution in [0.25, 0.3) is 10.9 Å². The first kappa shape index (κ1) is 10.4. The van der Waals surface area contributed by atoms with Crippen LogP contribution in [0.5, 0.6) is 0 Å². The fourth-order valence-corrected chi connectivity index (χ4v) is 2.11. The van der Waals surface area contributed by atoms with Gasteiger partial charge in [-0.3, -0.25) is 9.48 Å². The summed E-state index contributed by atoms with van der Waals surface area (Å²) < 4.78 is 7.16. The number of nitrogens with zero attached hydrogens (tertiary/aromatic N) is 2. The van der Waals surface area contributed by atoms with E-state index in [1.54, 1.807) is 4.68 Å². The van der Waals surface area contributed by atoms with Gasteiger partial charge in [0, 0.05) is 5.39 Å². The van der Waals surface area contributed by atoms with Crippen LogP contribution in [-0.2, 0) is 16.1 Å². The van der Waals surface area contributed by atoms with Crippen molar-refractivity contribution in [2.24, 2.45) is 0 Å². The third-order valence-electron chi connectivity index (χ3n) is 2.12. The molecule has 0 aliphatic heterocycles. The van der Waals surface area contributed by atoms with Crippen LogP contribution in [0.1, 0.15) is 0 Å². The molecule has 78 valence electrons. The third kappa shape index (κ3) is 1.97. The zero-order valence-corrected chi connectivity index (χ0v) is 10.3. The average molecular weight is 316 g/mol. The Labute approximate surface area is 100 Å². The first-order chi connectivity index (χ1) is 7.22. The van der Waals surface area contributed by atoms with Gasteiger partial charge in [-0.1, -0.05) is 18.2 Å². The zero-order chi connectivity index (χ0) is 10.8. The minimum Gasteiger partial charge on any atom is -0.468 e. The second-order valence-electron chi connectivity index (χ2n) is 3.04. The predicted molar refractivity (Wildman–Crippen MR) is 64.5 cm³/mol. The maximum absolute atomic E-state index is 11.1. The van der Waals surface area contributed by atoms with Gasteiger partial charge in [0.1, 0.15) is 10.2 Å². The molecule has 2 aromatic rings. The molecule has 15 heavy (non-hydrogen) atoms. The van der Waals surface area contributed by atoms with Crippen molar-refractivity contribution in [1.29, 1.82) is 0 Å². The van der Waals surface area contributed by atoms with E-state index in [-0.39, 0.29) is 12.5 Å². The lowest BCUT2D eigenvalue weighted by molar-refractivity contribution is -0.141. The molecule has 0 aliphatic carbocycles. The molecule has 0 atom stereocenters. The van der Waals surface area contributed by atoms with Crippen LogP contribution in [0, 0.1) is 3.70 Å². The molecule has 0 bridgehead atoms. The normalized spacial score (nSPS) is 10.5. The fourth-order valence-electron chi connectivity index (χ4n) is 1.39. The summed E-state index contributed by atoms with van der Waals surface area (Å²) in [6.07, 6.45) is 0. The van der Waals surface area contributed by atoms with Crippen LogP contribution < -0.4 is 0 Å². The number of carbonyl (C=O) groups excluding carboxylic acids is 1. The molecule has 0 fully saturated rings. The summed E-state index contributed by atoms with van der Waals surface area (Å²) in [5.74, 6) is -0.292. The van der Waals surface area contributed by atoms with E-state index >= 15 is 0 Å². The maximum atomic E-state index is 11.1. The van der Waals surface area contributed by atoms with Crippen molar-refractivity contribution in [3.05, 3.63) is 28.0 Å². The molecular formula is C10H9IN2O2. The fraction of sp³-hybridized carbons (Fsp3) is 0.200. The van der Waals surface area contributed by atoms with Gasteiger partial charge in [0.25, 0.3) is 0 Å². The predicted octanol–water partition coefficient (Wildman–Crippen LogP) is 1.81. The van der Waals surface area contributed by atoms with Crippen LogP contribution in [0.2, 0.25) is 0 Å². The Hall–Kier alpha value is -1.11. The average Bonchev–Trinajstić information content (AvgIpc) is 2.57. The number of rotatable bonds is 2. The highest BCUT2D eigenvalue weighted by molar-refractivity contribution is 14.1. The lowest BCUT2D eigenvalue weighted by atomic mass is 10.3. The standard InChI is InChI=1S/C10H9IN2O2/c1-15-9(14)6-13-8-5-3-2-4-7(8)10(11)12-13/h2-5H,6H2,1H3. The Morgan fingerprint density at radius 1 is 1.53 bits per heavy atom. The Morgan fingerprint density at radius 2 is 2.27 bits per heavy atom.